The van der Waals surface area contributed by atoms with Crippen LogP contribution in [0.3, 0.4) is 0 Å². The summed E-state index contributed by atoms with van der Waals surface area (Å²) in [7, 11) is 3.40. The van der Waals surface area contributed by atoms with Crippen LogP contribution in [0.2, 0.25) is 0 Å². The van der Waals surface area contributed by atoms with Crippen molar-refractivity contribution in [1.82, 2.24) is 9.88 Å². The lowest BCUT2D eigenvalue weighted by Gasteiger charge is -2.25. The number of benzene rings is 1. The van der Waals surface area contributed by atoms with E-state index < -0.39 is 29.3 Å². The Kier molecular flexibility index (Phi) is 8.25. The molecule has 0 unspecified atom stereocenters. The van der Waals surface area contributed by atoms with Crippen LogP contribution in [0.4, 0.5) is 0 Å². The molecule has 9 heteroatoms. The van der Waals surface area contributed by atoms with Crippen LogP contribution >= 0.6 is 0 Å². The standard InChI is InChI=1S/C32H40N2O7/c1-5-40-28-16-27(22-11-12-26(39-4)19(2)29(22)33-28)41-21-14-23-24(15-21)30(36)34(3)13-9-7-6-8-10-20-17-32(20,31(37)38)18-25(23)35/h8,10-12,16,20-21,23-24H,5-7,9,13-15,17-18H2,1-4H3,(H,37,38)/b10-8-/t20-,21-,23-,24-,32-/m1/s1. The second-order valence-corrected chi connectivity index (χ2v) is 11.7. The highest BCUT2D eigenvalue weighted by atomic mass is 16.5. The number of methoxy groups -OCH3 is 1. The fraction of sp³-hybridized carbons (Fsp3) is 0.562. The number of carboxylic acids is 1. The number of allylic oxidation sites excluding steroid dienone is 2. The number of carbonyl (C=O) groups excluding carboxylic acids is 2. The van der Waals surface area contributed by atoms with Gasteiger partial charge >= 0.3 is 5.97 Å². The van der Waals surface area contributed by atoms with E-state index in [0.29, 0.717) is 55.3 Å². The molecule has 2 aromatic rings. The molecule has 1 amide bonds. The number of aromatic nitrogens is 1. The molecule has 1 aromatic carbocycles. The van der Waals surface area contributed by atoms with Gasteiger partial charge in [-0.25, -0.2) is 4.98 Å². The Labute approximate surface area is 240 Å². The Balaban J connectivity index is 1.46. The average molecular weight is 565 g/mol. The fourth-order valence-electron chi connectivity index (χ4n) is 6.61. The molecule has 2 fully saturated rings. The van der Waals surface area contributed by atoms with Crippen LogP contribution < -0.4 is 14.2 Å². The molecule has 0 spiro atoms. The van der Waals surface area contributed by atoms with Crippen molar-refractivity contribution < 1.29 is 33.7 Å². The highest BCUT2D eigenvalue weighted by molar-refractivity contribution is 5.94. The van der Waals surface area contributed by atoms with Gasteiger partial charge in [0.05, 0.1) is 30.6 Å². The van der Waals surface area contributed by atoms with Crippen molar-refractivity contribution in [2.45, 2.75) is 64.9 Å². The molecule has 0 bridgehead atoms. The zero-order valence-electron chi connectivity index (χ0n) is 24.4. The summed E-state index contributed by atoms with van der Waals surface area (Å²) >= 11 is 0. The number of nitrogens with zero attached hydrogens (tertiary/aromatic N) is 2. The van der Waals surface area contributed by atoms with E-state index in [4.69, 9.17) is 14.2 Å². The molecular formula is C32H40N2O7. The number of aryl methyl sites for hydroxylation is 1. The van der Waals surface area contributed by atoms with Crippen LogP contribution in [0.25, 0.3) is 10.9 Å². The van der Waals surface area contributed by atoms with Crippen molar-refractivity contribution in [2.75, 3.05) is 27.3 Å². The molecule has 0 saturated heterocycles. The summed E-state index contributed by atoms with van der Waals surface area (Å²) < 4.78 is 17.8. The van der Waals surface area contributed by atoms with Gasteiger partial charge < -0.3 is 24.2 Å². The number of carboxylic acid groups (broad SMARTS) is 1. The number of pyridine rings is 1. The zero-order chi connectivity index (χ0) is 29.3. The highest BCUT2D eigenvalue weighted by Gasteiger charge is 2.61. The van der Waals surface area contributed by atoms with E-state index in [1.807, 2.05) is 38.1 Å². The Morgan fingerprint density at radius 3 is 2.68 bits per heavy atom. The van der Waals surface area contributed by atoms with E-state index in [0.717, 1.165) is 30.2 Å². The number of carbonyl (C=O) groups is 3. The average Bonchev–Trinajstić information content (AvgIpc) is 3.48. The Hall–Kier alpha value is -3.62. The van der Waals surface area contributed by atoms with E-state index in [2.05, 4.69) is 4.98 Å². The van der Waals surface area contributed by atoms with Crippen LogP contribution in [0, 0.1) is 30.1 Å². The van der Waals surface area contributed by atoms with Gasteiger partial charge in [-0.05, 0) is 70.4 Å². The first-order chi connectivity index (χ1) is 19.7. The number of rotatable bonds is 6. The van der Waals surface area contributed by atoms with Crippen LogP contribution in [0.1, 0.15) is 57.4 Å². The van der Waals surface area contributed by atoms with E-state index in [-0.39, 0.29) is 24.0 Å². The summed E-state index contributed by atoms with van der Waals surface area (Å²) in [4.78, 5) is 46.1. The van der Waals surface area contributed by atoms with Gasteiger partial charge in [0, 0.05) is 42.9 Å². The normalized spacial score (nSPS) is 29.3. The molecule has 9 nitrogen and oxygen atoms in total. The number of amides is 1. The number of ketones is 1. The van der Waals surface area contributed by atoms with Gasteiger partial charge in [0.25, 0.3) is 0 Å². The molecule has 2 heterocycles. The van der Waals surface area contributed by atoms with Gasteiger partial charge in [-0.1, -0.05) is 12.2 Å². The zero-order valence-corrected chi connectivity index (χ0v) is 24.4. The number of ether oxygens (including phenoxy) is 3. The predicted molar refractivity (Wildman–Crippen MR) is 153 cm³/mol. The van der Waals surface area contributed by atoms with Crippen molar-refractivity contribution in [2.24, 2.45) is 23.2 Å². The highest BCUT2D eigenvalue weighted by Crippen LogP contribution is 2.57. The van der Waals surface area contributed by atoms with E-state index in [9.17, 15) is 19.5 Å². The second kappa shape index (κ2) is 11.7. The third-order valence-electron chi connectivity index (χ3n) is 9.09. The number of Topliss-reactive ketones (excluding diaryl/α,β-unsaturated/α-hetero) is 1. The summed E-state index contributed by atoms with van der Waals surface area (Å²) in [6.07, 6.45) is 7.33. The summed E-state index contributed by atoms with van der Waals surface area (Å²) in [6, 6.07) is 5.52. The van der Waals surface area contributed by atoms with Crippen molar-refractivity contribution in [1.29, 1.82) is 0 Å². The lowest BCUT2D eigenvalue weighted by atomic mass is 9.84. The van der Waals surface area contributed by atoms with Crippen molar-refractivity contribution in [3.05, 3.63) is 35.9 Å². The molecule has 2 saturated carbocycles. The van der Waals surface area contributed by atoms with Gasteiger partial charge in [0.1, 0.15) is 23.4 Å². The van der Waals surface area contributed by atoms with E-state index >= 15 is 0 Å². The maximum atomic E-state index is 13.8. The topological polar surface area (TPSA) is 115 Å². The third-order valence-corrected chi connectivity index (χ3v) is 9.09. The molecule has 1 N–H and O–H groups in total. The number of fused-ring (bicyclic) bond motifs is 3. The smallest absolute Gasteiger partial charge is 0.310 e. The first-order valence-electron chi connectivity index (χ1n) is 14.6. The van der Waals surface area contributed by atoms with Crippen molar-refractivity contribution in [3.63, 3.8) is 0 Å². The molecule has 1 aliphatic heterocycles. The Bertz CT molecular complexity index is 1370. The second-order valence-electron chi connectivity index (χ2n) is 11.7. The largest absolute Gasteiger partial charge is 0.496 e. The number of aliphatic carboxylic acids is 1. The predicted octanol–water partition coefficient (Wildman–Crippen LogP) is 4.97. The van der Waals surface area contributed by atoms with Crippen LogP contribution in [-0.2, 0) is 14.4 Å². The molecule has 5 atom stereocenters. The summed E-state index contributed by atoms with van der Waals surface area (Å²) in [6.45, 7) is 4.87. The van der Waals surface area contributed by atoms with Gasteiger partial charge in [-0.3, -0.25) is 14.4 Å². The van der Waals surface area contributed by atoms with Gasteiger partial charge in [0.2, 0.25) is 11.8 Å². The quantitative estimate of drug-likeness (QED) is 0.489. The molecule has 0 radical (unpaired) electrons. The molecule has 5 rings (SSSR count). The van der Waals surface area contributed by atoms with E-state index in [1.165, 1.54) is 0 Å². The molecule has 41 heavy (non-hydrogen) atoms. The van der Waals surface area contributed by atoms with E-state index in [1.54, 1.807) is 25.1 Å². The minimum Gasteiger partial charge on any atom is -0.496 e. The summed E-state index contributed by atoms with van der Waals surface area (Å²) in [5.41, 5.74) is 0.486. The summed E-state index contributed by atoms with van der Waals surface area (Å²) in [5, 5.41) is 10.9. The molecule has 3 aliphatic rings. The maximum absolute atomic E-state index is 13.8. The lowest BCUT2D eigenvalue weighted by Crippen LogP contribution is -2.38. The Morgan fingerprint density at radius 1 is 1.17 bits per heavy atom. The SMILES string of the molecule is CCOc1cc(O[C@@H]2C[C@H]3C(=O)C[C@]4(C(=O)O)C[C@H]4/C=C\CCCCN(C)C(=O)[C@@H]3C2)c2ccc(OC)c(C)c2n1. The minimum absolute atomic E-state index is 0.0616. The first kappa shape index (κ1) is 28.9. The fourth-order valence-corrected chi connectivity index (χ4v) is 6.61. The van der Waals surface area contributed by atoms with Crippen LogP contribution in [0.5, 0.6) is 17.4 Å². The van der Waals surface area contributed by atoms with Crippen molar-refractivity contribution in [3.8, 4) is 17.4 Å². The van der Waals surface area contributed by atoms with Gasteiger partial charge in [-0.2, -0.15) is 0 Å². The molecule has 220 valence electrons. The van der Waals surface area contributed by atoms with Crippen LogP contribution in [0.15, 0.2) is 30.4 Å². The van der Waals surface area contributed by atoms with Gasteiger partial charge in [0.15, 0.2) is 0 Å². The summed E-state index contributed by atoms with van der Waals surface area (Å²) in [5.74, 6) is -0.764. The minimum atomic E-state index is -1.07. The maximum Gasteiger partial charge on any atom is 0.310 e. The van der Waals surface area contributed by atoms with Crippen LogP contribution in [-0.4, -0.2) is 66.1 Å². The number of hydrogen-bond donors (Lipinski definition) is 1. The number of hydrogen-bond acceptors (Lipinski definition) is 7. The lowest BCUT2D eigenvalue weighted by molar-refractivity contribution is -0.147. The Morgan fingerprint density at radius 2 is 1.95 bits per heavy atom. The monoisotopic (exact) mass is 564 g/mol. The third kappa shape index (κ3) is 5.63. The van der Waals surface area contributed by atoms with Gasteiger partial charge in [-0.15, -0.1) is 0 Å². The van der Waals surface area contributed by atoms with Crippen molar-refractivity contribution >= 4 is 28.6 Å². The molecular weight excluding hydrogens is 524 g/mol. The first-order valence-corrected chi connectivity index (χ1v) is 14.6. The molecule has 2 aliphatic carbocycles. The molecule has 1 aromatic heterocycles.